The Bertz CT molecular complexity index is 749. The lowest BCUT2D eigenvalue weighted by Crippen LogP contribution is -2.28. The van der Waals surface area contributed by atoms with Crippen LogP contribution in [-0.2, 0) is 0 Å². The largest absolute Gasteiger partial charge is 0.388 e. The van der Waals surface area contributed by atoms with Gasteiger partial charge >= 0.3 is 0 Å². The Morgan fingerprint density at radius 2 is 1.96 bits per heavy atom. The molecule has 1 aliphatic heterocycles. The number of allylic oxidation sites excluding steroid dienone is 3. The Hall–Kier alpha value is -2.14. The second-order valence-electron chi connectivity index (χ2n) is 7.29. The number of nitrogens with zero attached hydrogens (tertiary/aromatic N) is 3. The first-order valence-electron chi connectivity index (χ1n) is 8.91. The van der Waals surface area contributed by atoms with Crippen LogP contribution in [0.2, 0.25) is 0 Å². The summed E-state index contributed by atoms with van der Waals surface area (Å²) < 4.78 is 0. The molecule has 3 rings (SSSR count). The molecule has 1 aromatic heterocycles. The summed E-state index contributed by atoms with van der Waals surface area (Å²) in [7, 11) is 1.94. The van der Waals surface area contributed by atoms with Gasteiger partial charge in [0.25, 0.3) is 0 Å². The summed E-state index contributed by atoms with van der Waals surface area (Å²) in [5.74, 6) is 1.29. The molecule has 5 nitrogen and oxygen atoms in total. The van der Waals surface area contributed by atoms with Crippen molar-refractivity contribution in [1.82, 2.24) is 9.88 Å². The molecule has 1 saturated heterocycles. The number of nitrogens with one attached hydrogen (secondary N) is 1. The van der Waals surface area contributed by atoms with Crippen LogP contribution in [0.1, 0.15) is 32.0 Å². The number of aliphatic imine (C=N–C) groups is 1. The molecular weight excluding hydrogens is 310 g/mol. The van der Waals surface area contributed by atoms with Crippen LogP contribution in [0, 0.1) is 18.8 Å². The third-order valence-electron chi connectivity index (χ3n) is 5.53. The molecule has 0 bridgehead atoms. The number of anilines is 1. The summed E-state index contributed by atoms with van der Waals surface area (Å²) in [5.41, 5.74) is 13.4. The van der Waals surface area contributed by atoms with Crippen LogP contribution in [0.15, 0.2) is 35.2 Å². The highest BCUT2D eigenvalue weighted by atomic mass is 15.2. The molecule has 2 unspecified atom stereocenters. The van der Waals surface area contributed by atoms with E-state index in [0.29, 0.717) is 17.9 Å². The Morgan fingerprint density at radius 1 is 1.32 bits per heavy atom. The third-order valence-corrected chi connectivity index (χ3v) is 5.53. The van der Waals surface area contributed by atoms with Crippen molar-refractivity contribution in [3.8, 4) is 0 Å². The van der Waals surface area contributed by atoms with E-state index in [1.807, 2.05) is 33.2 Å². The van der Waals surface area contributed by atoms with Crippen LogP contribution in [0.3, 0.4) is 0 Å². The smallest absolute Gasteiger partial charge is 0.0787 e. The van der Waals surface area contributed by atoms with Crippen LogP contribution < -0.4 is 11.1 Å². The number of piperidine rings is 1. The zero-order valence-electron chi connectivity index (χ0n) is 15.9. The maximum absolute atomic E-state index is 6.11. The predicted molar refractivity (Wildman–Crippen MR) is 106 cm³/mol. The van der Waals surface area contributed by atoms with Crippen molar-refractivity contribution in [2.75, 3.05) is 25.5 Å². The van der Waals surface area contributed by atoms with E-state index in [1.54, 1.807) is 0 Å². The highest BCUT2D eigenvalue weighted by Gasteiger charge is 2.53. The van der Waals surface area contributed by atoms with Crippen molar-refractivity contribution >= 4 is 17.0 Å². The quantitative estimate of drug-likeness (QED) is 0.809. The Kier molecular flexibility index (Phi) is 4.69. The maximum Gasteiger partial charge on any atom is 0.0787 e. The molecule has 2 fully saturated rings. The van der Waals surface area contributed by atoms with E-state index < -0.39 is 0 Å². The van der Waals surface area contributed by atoms with Crippen LogP contribution in [0.4, 0.5) is 5.69 Å². The van der Waals surface area contributed by atoms with Crippen molar-refractivity contribution in [3.63, 3.8) is 0 Å². The van der Waals surface area contributed by atoms with Gasteiger partial charge in [-0.2, -0.15) is 0 Å². The second-order valence-corrected chi connectivity index (χ2v) is 7.29. The molecule has 3 N–H and O–H groups in total. The van der Waals surface area contributed by atoms with Crippen LogP contribution in [0.25, 0.3) is 5.57 Å². The fourth-order valence-electron chi connectivity index (χ4n) is 4.01. The van der Waals surface area contributed by atoms with E-state index in [1.165, 1.54) is 5.70 Å². The van der Waals surface area contributed by atoms with E-state index in [0.717, 1.165) is 47.0 Å². The molecule has 1 saturated carbocycles. The number of hydrogen-bond acceptors (Lipinski definition) is 5. The standard InChI is InChI=1S/C20H29N5/c1-11(2)24-13(4)18(20-12(3)17(22-6)7-8-23-20)14(5)25-9-15-16(10-25)19(15)21/h7-8,15-16,19H,1,9-10,21H2,2-6H3,(H,22,23)/b18-14-,24-13?. The molecule has 5 heteroatoms. The van der Waals surface area contributed by atoms with Crippen molar-refractivity contribution < 1.29 is 0 Å². The fourth-order valence-corrected chi connectivity index (χ4v) is 4.01. The van der Waals surface area contributed by atoms with Gasteiger partial charge in [0.1, 0.15) is 0 Å². The molecule has 2 heterocycles. The monoisotopic (exact) mass is 339 g/mol. The number of hydrogen-bond donors (Lipinski definition) is 2. The lowest BCUT2D eigenvalue weighted by atomic mass is 9.99. The van der Waals surface area contributed by atoms with E-state index >= 15 is 0 Å². The molecule has 2 aliphatic rings. The fraction of sp³-hybridized carbons (Fsp3) is 0.500. The minimum Gasteiger partial charge on any atom is -0.388 e. The van der Waals surface area contributed by atoms with Crippen LogP contribution in [0.5, 0.6) is 0 Å². The van der Waals surface area contributed by atoms with Gasteiger partial charge in [-0.25, -0.2) is 0 Å². The molecule has 0 aromatic carbocycles. The maximum atomic E-state index is 6.11. The number of pyridine rings is 1. The van der Waals surface area contributed by atoms with Gasteiger partial charge in [-0.05, 0) is 51.2 Å². The molecule has 1 aliphatic carbocycles. The Morgan fingerprint density at radius 3 is 2.52 bits per heavy atom. The Balaban J connectivity index is 2.07. The molecular formula is C20H29N5. The van der Waals surface area contributed by atoms with Gasteiger partial charge < -0.3 is 16.0 Å². The molecule has 0 spiro atoms. The number of fused-ring (bicyclic) bond motifs is 1. The first kappa shape index (κ1) is 17.7. The van der Waals surface area contributed by atoms with Gasteiger partial charge in [-0.3, -0.25) is 9.98 Å². The normalized spacial score (nSPS) is 26.2. The minimum atomic E-state index is 0.394. The molecule has 0 amide bonds. The Labute approximate surface area is 150 Å². The molecule has 0 radical (unpaired) electrons. The van der Waals surface area contributed by atoms with Gasteiger partial charge in [0, 0.05) is 60.7 Å². The molecule has 1 aromatic rings. The summed E-state index contributed by atoms with van der Waals surface area (Å²) in [5, 5.41) is 3.25. The van der Waals surface area contributed by atoms with E-state index in [4.69, 9.17) is 10.7 Å². The summed E-state index contributed by atoms with van der Waals surface area (Å²) in [4.78, 5) is 11.8. The van der Waals surface area contributed by atoms with Gasteiger partial charge in [-0.1, -0.05) is 6.58 Å². The number of likely N-dealkylation sites (tertiary alicyclic amines) is 1. The third kappa shape index (κ3) is 3.21. The average molecular weight is 339 g/mol. The van der Waals surface area contributed by atoms with Gasteiger partial charge in [0.05, 0.1) is 5.69 Å². The van der Waals surface area contributed by atoms with Crippen molar-refractivity contribution in [2.24, 2.45) is 22.6 Å². The lowest BCUT2D eigenvalue weighted by Gasteiger charge is -2.26. The minimum absolute atomic E-state index is 0.394. The number of rotatable bonds is 5. The first-order valence-corrected chi connectivity index (χ1v) is 8.91. The summed E-state index contributed by atoms with van der Waals surface area (Å²) >= 11 is 0. The SMILES string of the molecule is C=C(C)N=C(C)/C(=C(\C)N1CC2C(N)C2C1)c1nccc(NC)c1C. The van der Waals surface area contributed by atoms with Crippen molar-refractivity contribution in [1.29, 1.82) is 0 Å². The van der Waals surface area contributed by atoms with Gasteiger partial charge in [0.15, 0.2) is 0 Å². The highest BCUT2D eigenvalue weighted by molar-refractivity contribution is 6.23. The van der Waals surface area contributed by atoms with Crippen molar-refractivity contribution in [3.05, 3.63) is 41.5 Å². The topological polar surface area (TPSA) is 66.5 Å². The zero-order chi connectivity index (χ0) is 18.3. The number of nitrogens with two attached hydrogens (primary N) is 1. The molecule has 25 heavy (non-hydrogen) atoms. The zero-order valence-corrected chi connectivity index (χ0v) is 15.9. The summed E-state index contributed by atoms with van der Waals surface area (Å²) in [6.45, 7) is 14.3. The lowest BCUT2D eigenvalue weighted by molar-refractivity contribution is 0.374. The van der Waals surface area contributed by atoms with Crippen molar-refractivity contribution in [2.45, 2.75) is 33.7 Å². The molecule has 2 atom stereocenters. The second kappa shape index (κ2) is 6.64. The highest BCUT2D eigenvalue weighted by Crippen LogP contribution is 2.45. The predicted octanol–water partition coefficient (Wildman–Crippen LogP) is 3.05. The average Bonchev–Trinajstić information content (AvgIpc) is 2.97. The first-order chi connectivity index (χ1) is 11.8. The molecule has 134 valence electrons. The van der Waals surface area contributed by atoms with Gasteiger partial charge in [-0.15, -0.1) is 0 Å². The van der Waals surface area contributed by atoms with Crippen LogP contribution >= 0.6 is 0 Å². The van der Waals surface area contributed by atoms with Gasteiger partial charge in [0.2, 0.25) is 0 Å². The van der Waals surface area contributed by atoms with E-state index in [2.05, 4.69) is 35.6 Å². The van der Waals surface area contributed by atoms with Crippen LogP contribution in [-0.4, -0.2) is 41.8 Å². The van der Waals surface area contributed by atoms with E-state index in [-0.39, 0.29) is 0 Å². The summed E-state index contributed by atoms with van der Waals surface area (Å²) in [6.07, 6.45) is 1.85. The summed E-state index contributed by atoms with van der Waals surface area (Å²) in [6, 6.07) is 2.39. The number of aromatic nitrogens is 1. The van der Waals surface area contributed by atoms with E-state index in [9.17, 15) is 0 Å².